The summed E-state index contributed by atoms with van der Waals surface area (Å²) in [6, 6.07) is 5.12. The van der Waals surface area contributed by atoms with E-state index in [-0.39, 0.29) is 41.4 Å². The van der Waals surface area contributed by atoms with E-state index in [4.69, 9.17) is 16.3 Å². The fourth-order valence-corrected chi connectivity index (χ4v) is 4.99. The van der Waals surface area contributed by atoms with Crippen molar-refractivity contribution in [2.75, 3.05) is 11.9 Å². The average Bonchev–Trinajstić information content (AvgIpc) is 3.39. The number of aliphatic hydroxyl groups is 1. The van der Waals surface area contributed by atoms with Crippen molar-refractivity contribution in [1.29, 1.82) is 0 Å². The number of aromatic nitrogens is 2. The molecule has 0 bridgehead atoms. The van der Waals surface area contributed by atoms with Gasteiger partial charge in [-0.3, -0.25) is 14.3 Å². The van der Waals surface area contributed by atoms with E-state index >= 15 is 0 Å². The van der Waals surface area contributed by atoms with E-state index in [1.54, 1.807) is 30.8 Å². The molecule has 1 aromatic carbocycles. The van der Waals surface area contributed by atoms with Crippen LogP contribution in [0.1, 0.15) is 52.4 Å². The van der Waals surface area contributed by atoms with Gasteiger partial charge < -0.3 is 20.1 Å². The van der Waals surface area contributed by atoms with Crippen LogP contribution in [-0.2, 0) is 16.1 Å². The van der Waals surface area contributed by atoms with E-state index in [2.05, 4.69) is 10.4 Å². The maximum Gasteiger partial charge on any atom is 0.251 e. The van der Waals surface area contributed by atoms with Crippen molar-refractivity contribution in [2.24, 2.45) is 5.92 Å². The van der Waals surface area contributed by atoms with Crippen LogP contribution in [0.5, 0.6) is 5.75 Å². The first-order chi connectivity index (χ1) is 17.1. The highest BCUT2D eigenvalue weighted by Gasteiger charge is 2.36. The van der Waals surface area contributed by atoms with Gasteiger partial charge in [-0.15, -0.1) is 0 Å². The maximum atomic E-state index is 14.2. The molecule has 0 saturated heterocycles. The number of hydrogen-bond acceptors (Lipinski definition) is 5. The molecular weight excluding hydrogens is 487 g/mol. The van der Waals surface area contributed by atoms with Gasteiger partial charge in [0, 0.05) is 18.3 Å². The molecule has 2 amide bonds. The van der Waals surface area contributed by atoms with Crippen molar-refractivity contribution in [3.8, 4) is 5.75 Å². The number of benzene rings is 1. The molecule has 2 N–H and O–H groups in total. The van der Waals surface area contributed by atoms with Crippen LogP contribution in [0.4, 0.5) is 10.2 Å². The van der Waals surface area contributed by atoms with Gasteiger partial charge in [-0.1, -0.05) is 49.8 Å². The van der Waals surface area contributed by atoms with Crippen molar-refractivity contribution < 1.29 is 23.8 Å². The first-order valence-corrected chi connectivity index (χ1v) is 12.7. The molecule has 4 rings (SSSR count). The molecule has 1 aromatic heterocycles. The number of carbonyl (C=O) groups is 2. The smallest absolute Gasteiger partial charge is 0.251 e. The van der Waals surface area contributed by atoms with E-state index in [1.165, 1.54) is 35.6 Å². The maximum absolute atomic E-state index is 14.2. The summed E-state index contributed by atoms with van der Waals surface area (Å²) >= 11 is 6.08. The third-order valence-corrected chi connectivity index (χ3v) is 6.74. The second-order valence-electron chi connectivity index (χ2n) is 10.2. The summed E-state index contributed by atoms with van der Waals surface area (Å²) in [5, 5.41) is 17.3. The summed E-state index contributed by atoms with van der Waals surface area (Å²) in [4.78, 5) is 27.9. The number of para-hydroxylation sites is 1. The second-order valence-corrected chi connectivity index (χ2v) is 10.6. The van der Waals surface area contributed by atoms with Gasteiger partial charge in [-0.05, 0) is 38.3 Å². The van der Waals surface area contributed by atoms with E-state index in [0.717, 1.165) is 25.7 Å². The van der Waals surface area contributed by atoms with Crippen molar-refractivity contribution in [2.45, 2.75) is 70.6 Å². The first-order valence-electron chi connectivity index (χ1n) is 12.3. The molecule has 1 fully saturated rings. The molecule has 1 unspecified atom stereocenters. The normalized spacial score (nSPS) is 17.8. The Bertz CT molecular complexity index is 1120. The predicted octanol–water partition coefficient (Wildman–Crippen LogP) is 4.53. The molecule has 2 heterocycles. The minimum Gasteiger partial charge on any atom is -0.455 e. The Balaban J connectivity index is 1.49. The lowest BCUT2D eigenvalue weighted by molar-refractivity contribution is -0.134. The van der Waals surface area contributed by atoms with Crippen LogP contribution in [0.2, 0.25) is 5.02 Å². The number of ether oxygens (including phenoxy) is 1. The lowest BCUT2D eigenvalue weighted by Crippen LogP contribution is -2.46. The third-order valence-electron chi connectivity index (χ3n) is 6.45. The second kappa shape index (κ2) is 11.0. The van der Waals surface area contributed by atoms with Gasteiger partial charge >= 0.3 is 0 Å². The van der Waals surface area contributed by atoms with Crippen molar-refractivity contribution in [1.82, 2.24) is 14.7 Å². The number of carbonyl (C=O) groups excluding carboxylic acids is 2. The largest absolute Gasteiger partial charge is 0.455 e. The number of halogens is 2. The van der Waals surface area contributed by atoms with Gasteiger partial charge in [0.1, 0.15) is 11.8 Å². The summed E-state index contributed by atoms with van der Waals surface area (Å²) < 4.78 is 21.4. The quantitative estimate of drug-likeness (QED) is 0.508. The fraction of sp³-hybridized carbons (Fsp3) is 0.500. The fourth-order valence-electron chi connectivity index (χ4n) is 4.79. The van der Waals surface area contributed by atoms with Crippen LogP contribution >= 0.6 is 11.6 Å². The monoisotopic (exact) mass is 518 g/mol. The minimum atomic E-state index is -0.956. The van der Waals surface area contributed by atoms with E-state index in [1.807, 2.05) is 0 Å². The van der Waals surface area contributed by atoms with E-state index < -0.39 is 17.5 Å². The number of nitrogens with one attached hydrogen (secondary N) is 1. The number of amides is 2. The van der Waals surface area contributed by atoms with E-state index in [0.29, 0.717) is 18.2 Å². The molecule has 1 saturated carbocycles. The Morgan fingerprint density at radius 3 is 2.75 bits per heavy atom. The molecule has 2 aromatic rings. The molecule has 2 aliphatic rings. The van der Waals surface area contributed by atoms with E-state index in [9.17, 15) is 19.1 Å². The summed E-state index contributed by atoms with van der Waals surface area (Å²) in [5.41, 5.74) is -0.956. The Labute approximate surface area is 215 Å². The molecule has 36 heavy (non-hydrogen) atoms. The van der Waals surface area contributed by atoms with Crippen molar-refractivity contribution >= 4 is 29.2 Å². The minimum absolute atomic E-state index is 0.0292. The zero-order valence-electron chi connectivity index (χ0n) is 20.5. The van der Waals surface area contributed by atoms with Gasteiger partial charge in [-0.25, -0.2) is 4.39 Å². The highest BCUT2D eigenvalue weighted by Crippen LogP contribution is 2.33. The van der Waals surface area contributed by atoms with Gasteiger partial charge in [0.2, 0.25) is 5.91 Å². The van der Waals surface area contributed by atoms with Gasteiger partial charge in [-0.2, -0.15) is 5.10 Å². The number of nitrogens with zero attached hydrogens (tertiary/aromatic N) is 3. The molecule has 1 atom stereocenters. The summed E-state index contributed by atoms with van der Waals surface area (Å²) in [5.74, 6) is -0.615. The van der Waals surface area contributed by atoms with Gasteiger partial charge in [0.25, 0.3) is 5.91 Å². The predicted molar refractivity (Wildman–Crippen MR) is 134 cm³/mol. The third kappa shape index (κ3) is 6.64. The van der Waals surface area contributed by atoms with Crippen LogP contribution in [0.25, 0.3) is 0 Å². The summed E-state index contributed by atoms with van der Waals surface area (Å²) in [7, 11) is 0. The average molecular weight is 519 g/mol. The van der Waals surface area contributed by atoms with Crippen molar-refractivity contribution in [3.63, 3.8) is 0 Å². The number of rotatable bonds is 9. The lowest BCUT2D eigenvalue weighted by atomic mass is 9.84. The van der Waals surface area contributed by atoms with Crippen LogP contribution < -0.4 is 10.1 Å². The van der Waals surface area contributed by atoms with Crippen LogP contribution in [0.15, 0.2) is 42.3 Å². The van der Waals surface area contributed by atoms with Gasteiger partial charge in [0.05, 0.1) is 23.7 Å². The molecule has 0 spiro atoms. The molecule has 0 radical (unpaired) electrons. The zero-order chi connectivity index (χ0) is 25.9. The highest BCUT2D eigenvalue weighted by atomic mass is 35.5. The zero-order valence-corrected chi connectivity index (χ0v) is 21.3. The standard InChI is InChI=1S/C26H32ClFN4O4/c1-26(2,35)16-31-12-11-22(30-31)29-25(34)21(13-17-7-4-3-5-8-17)32-15-18(14-23(32)33)36-24-19(27)9-6-10-20(24)28/h6,9-12,14,17,21,35H,3-5,7-8,13,15-16H2,1-2H3,(H,29,30,34). The van der Waals surface area contributed by atoms with Crippen LogP contribution in [-0.4, -0.2) is 49.8 Å². The molecule has 10 heteroatoms. The first kappa shape index (κ1) is 26.2. The molecular formula is C26H32ClFN4O4. The number of anilines is 1. The molecule has 1 aliphatic carbocycles. The Kier molecular flexibility index (Phi) is 8.00. The molecule has 1 aliphatic heterocycles. The number of hydrogen-bond donors (Lipinski definition) is 2. The molecule has 194 valence electrons. The lowest BCUT2D eigenvalue weighted by Gasteiger charge is -2.31. The Morgan fingerprint density at radius 2 is 2.06 bits per heavy atom. The summed E-state index contributed by atoms with van der Waals surface area (Å²) in [6.07, 6.45) is 8.88. The van der Waals surface area contributed by atoms with Crippen LogP contribution in [0, 0.1) is 11.7 Å². The SMILES string of the molecule is CC(C)(O)Cn1ccc(NC(=O)C(CC2CCCCC2)N2CC(Oc3c(F)cccc3Cl)=CC2=O)n1. The van der Waals surface area contributed by atoms with Crippen LogP contribution in [0.3, 0.4) is 0 Å². The Hall–Kier alpha value is -2.91. The Morgan fingerprint density at radius 1 is 1.31 bits per heavy atom. The molecule has 8 nitrogen and oxygen atoms in total. The highest BCUT2D eigenvalue weighted by molar-refractivity contribution is 6.32. The summed E-state index contributed by atoms with van der Waals surface area (Å²) in [6.45, 7) is 3.64. The topological polar surface area (TPSA) is 96.7 Å². The van der Waals surface area contributed by atoms with Gasteiger partial charge in [0.15, 0.2) is 17.4 Å². The van der Waals surface area contributed by atoms with Crippen molar-refractivity contribution in [3.05, 3.63) is 53.1 Å².